The number of hydrogen-bond acceptors (Lipinski definition) is 5. The Hall–Kier alpha value is -2.39. The summed E-state index contributed by atoms with van der Waals surface area (Å²) in [6.07, 6.45) is 0. The first kappa shape index (κ1) is 18.9. The average molecular weight is 366 g/mol. The van der Waals surface area contributed by atoms with E-state index in [1.165, 1.54) is 7.11 Å². The van der Waals surface area contributed by atoms with Gasteiger partial charge in [-0.1, -0.05) is 12.1 Å². The number of benzene rings is 1. The van der Waals surface area contributed by atoms with Gasteiger partial charge in [-0.25, -0.2) is 4.79 Å². The minimum Gasteiger partial charge on any atom is -0.497 e. The molecule has 0 aromatic heterocycles. The van der Waals surface area contributed by atoms with Gasteiger partial charge in [0.05, 0.1) is 13.7 Å². The Balaban J connectivity index is 2.14. The highest BCUT2D eigenvalue weighted by Crippen LogP contribution is 2.30. The first-order valence-electron chi connectivity index (χ1n) is 7.69. The summed E-state index contributed by atoms with van der Waals surface area (Å²) in [6.45, 7) is 3.93. The van der Waals surface area contributed by atoms with E-state index in [9.17, 15) is 9.59 Å². The van der Waals surface area contributed by atoms with Crippen LogP contribution in [0.5, 0.6) is 5.75 Å². The Labute approximate surface area is 151 Å². The van der Waals surface area contributed by atoms with E-state index >= 15 is 0 Å². The Morgan fingerprint density at radius 3 is 2.76 bits per heavy atom. The molecular formula is C16H22N4O4S. The number of amides is 3. The van der Waals surface area contributed by atoms with E-state index < -0.39 is 17.5 Å². The lowest BCUT2D eigenvalue weighted by molar-refractivity contribution is -0.132. The fourth-order valence-electron chi connectivity index (χ4n) is 2.52. The molecule has 0 spiro atoms. The fraction of sp³-hybridized carbons (Fsp3) is 0.438. The highest BCUT2D eigenvalue weighted by molar-refractivity contribution is 7.80. The largest absolute Gasteiger partial charge is 0.497 e. The molecule has 3 amide bonds. The molecule has 1 fully saturated rings. The zero-order chi connectivity index (χ0) is 18.6. The third-order valence-corrected chi connectivity index (χ3v) is 4.05. The van der Waals surface area contributed by atoms with Crippen molar-refractivity contribution in [2.75, 3.05) is 20.8 Å². The van der Waals surface area contributed by atoms with Gasteiger partial charge in [0, 0.05) is 13.2 Å². The predicted octanol–water partition coefficient (Wildman–Crippen LogP) is 0.876. The normalized spacial score (nSPS) is 20.9. The second-order valence-corrected chi connectivity index (χ2v) is 6.28. The fourth-order valence-corrected chi connectivity index (χ4v) is 2.81. The Morgan fingerprint density at radius 1 is 1.40 bits per heavy atom. The second kappa shape index (κ2) is 7.66. The van der Waals surface area contributed by atoms with Crippen LogP contribution in [0.4, 0.5) is 4.79 Å². The number of carbonyl (C=O) groups excluding carboxylic acids is 2. The molecule has 1 aromatic carbocycles. The number of imide groups is 1. The van der Waals surface area contributed by atoms with Crippen LogP contribution in [0, 0.1) is 0 Å². The van der Waals surface area contributed by atoms with E-state index in [0.717, 1.165) is 5.01 Å². The van der Waals surface area contributed by atoms with Crippen molar-refractivity contribution >= 4 is 29.3 Å². The first-order chi connectivity index (χ1) is 11.8. The third kappa shape index (κ3) is 3.99. The monoisotopic (exact) mass is 366 g/mol. The molecule has 1 saturated heterocycles. The molecule has 0 saturated carbocycles. The molecule has 2 rings (SSSR count). The number of urea groups is 1. The van der Waals surface area contributed by atoms with E-state index in [-0.39, 0.29) is 11.2 Å². The maximum atomic E-state index is 12.8. The van der Waals surface area contributed by atoms with Gasteiger partial charge in [-0.15, -0.1) is 0 Å². The molecule has 2 atom stereocenters. The van der Waals surface area contributed by atoms with E-state index in [1.54, 1.807) is 38.3 Å². The molecule has 8 nitrogen and oxygen atoms in total. The molecule has 1 aliphatic rings. The molecule has 25 heavy (non-hydrogen) atoms. The van der Waals surface area contributed by atoms with Crippen LogP contribution in [0.1, 0.15) is 19.4 Å². The van der Waals surface area contributed by atoms with Crippen molar-refractivity contribution < 1.29 is 19.1 Å². The summed E-state index contributed by atoms with van der Waals surface area (Å²) in [5.74, 6) is 0.132. The maximum Gasteiger partial charge on any atom is 0.344 e. The van der Waals surface area contributed by atoms with Crippen LogP contribution in [0.3, 0.4) is 0 Å². The van der Waals surface area contributed by atoms with Crippen LogP contribution in [0.15, 0.2) is 24.3 Å². The number of carbonyl (C=O) groups is 2. The lowest BCUT2D eigenvalue weighted by atomic mass is 9.92. The number of nitrogens with zero attached hydrogens (tertiary/aromatic N) is 1. The van der Waals surface area contributed by atoms with Gasteiger partial charge in [0.15, 0.2) is 5.11 Å². The summed E-state index contributed by atoms with van der Waals surface area (Å²) in [6, 6.07) is 6.32. The van der Waals surface area contributed by atoms with Crippen LogP contribution in [-0.4, -0.2) is 48.9 Å². The Morgan fingerprint density at radius 2 is 2.12 bits per heavy atom. The van der Waals surface area contributed by atoms with Crippen molar-refractivity contribution in [3.05, 3.63) is 29.8 Å². The predicted molar refractivity (Wildman–Crippen MR) is 95.9 cm³/mol. The number of rotatable bonds is 6. The lowest BCUT2D eigenvalue weighted by Gasteiger charge is -2.23. The number of hydrogen-bond donors (Lipinski definition) is 3. The number of hydrazine groups is 1. The summed E-state index contributed by atoms with van der Waals surface area (Å²) in [4.78, 5) is 25.1. The number of ether oxygens (including phenoxy) is 2. The summed E-state index contributed by atoms with van der Waals surface area (Å²) in [7, 11) is 3.11. The molecule has 0 aliphatic carbocycles. The SMILES string of the molecule is COCC(C)NC(=S)NN1C(=O)NC(C)(c2cccc(OC)c2)C1=O. The van der Waals surface area contributed by atoms with Gasteiger partial charge in [0.25, 0.3) is 5.91 Å². The summed E-state index contributed by atoms with van der Waals surface area (Å²) < 4.78 is 10.2. The van der Waals surface area contributed by atoms with Gasteiger partial charge in [-0.2, -0.15) is 5.01 Å². The molecule has 3 N–H and O–H groups in total. The molecule has 136 valence electrons. The van der Waals surface area contributed by atoms with Crippen LogP contribution >= 0.6 is 12.2 Å². The molecule has 1 heterocycles. The summed E-state index contributed by atoms with van der Waals surface area (Å²) >= 11 is 5.15. The quantitative estimate of drug-likeness (QED) is 0.508. The molecule has 9 heteroatoms. The standard InChI is InChI=1S/C16H22N4O4S/c1-10(9-23-3)17-14(25)19-20-13(21)16(2,18-15(20)22)11-6-5-7-12(8-11)24-4/h5-8,10H,9H2,1-4H3,(H,18,22)(H2,17,19,25). The van der Waals surface area contributed by atoms with Crippen molar-refractivity contribution in [3.63, 3.8) is 0 Å². The van der Waals surface area contributed by atoms with E-state index in [4.69, 9.17) is 21.7 Å². The van der Waals surface area contributed by atoms with E-state index in [0.29, 0.717) is 17.9 Å². The average Bonchev–Trinajstić information content (AvgIpc) is 2.79. The molecule has 2 unspecified atom stereocenters. The van der Waals surface area contributed by atoms with E-state index in [1.807, 2.05) is 6.92 Å². The number of methoxy groups -OCH3 is 2. The molecular weight excluding hydrogens is 344 g/mol. The summed E-state index contributed by atoms with van der Waals surface area (Å²) in [5, 5.41) is 6.65. The Bertz CT molecular complexity index is 684. The Kier molecular flexibility index (Phi) is 5.81. The zero-order valence-corrected chi connectivity index (χ0v) is 15.4. The van der Waals surface area contributed by atoms with Crippen molar-refractivity contribution in [2.24, 2.45) is 0 Å². The van der Waals surface area contributed by atoms with Crippen LogP contribution in [-0.2, 0) is 15.1 Å². The van der Waals surface area contributed by atoms with Gasteiger partial charge in [0.2, 0.25) is 0 Å². The lowest BCUT2D eigenvalue weighted by Crippen LogP contribution is -2.53. The highest BCUT2D eigenvalue weighted by Gasteiger charge is 2.50. The van der Waals surface area contributed by atoms with Crippen LogP contribution in [0.2, 0.25) is 0 Å². The minimum atomic E-state index is -1.22. The van der Waals surface area contributed by atoms with Crippen molar-refractivity contribution in [2.45, 2.75) is 25.4 Å². The highest BCUT2D eigenvalue weighted by atomic mass is 32.1. The first-order valence-corrected chi connectivity index (χ1v) is 8.10. The smallest absolute Gasteiger partial charge is 0.344 e. The van der Waals surface area contributed by atoms with Gasteiger partial charge in [-0.05, 0) is 43.8 Å². The second-order valence-electron chi connectivity index (χ2n) is 5.87. The van der Waals surface area contributed by atoms with Gasteiger partial charge in [0.1, 0.15) is 11.3 Å². The van der Waals surface area contributed by atoms with Crippen LogP contribution in [0.25, 0.3) is 0 Å². The number of nitrogens with one attached hydrogen (secondary N) is 3. The number of thiocarbonyl (C=S) groups is 1. The minimum absolute atomic E-state index is 0.0736. The van der Waals surface area contributed by atoms with Crippen molar-refractivity contribution in [3.8, 4) is 5.75 Å². The zero-order valence-electron chi connectivity index (χ0n) is 14.6. The molecule has 0 radical (unpaired) electrons. The molecule has 0 bridgehead atoms. The van der Waals surface area contributed by atoms with Gasteiger partial charge < -0.3 is 20.1 Å². The third-order valence-electron chi connectivity index (χ3n) is 3.85. The van der Waals surface area contributed by atoms with Crippen molar-refractivity contribution in [1.82, 2.24) is 21.1 Å². The van der Waals surface area contributed by atoms with Gasteiger partial charge in [-0.3, -0.25) is 10.2 Å². The van der Waals surface area contributed by atoms with Crippen LogP contribution < -0.4 is 20.8 Å². The maximum absolute atomic E-state index is 12.8. The summed E-state index contributed by atoms with van der Waals surface area (Å²) in [5.41, 5.74) is 2.02. The van der Waals surface area contributed by atoms with Crippen molar-refractivity contribution in [1.29, 1.82) is 0 Å². The van der Waals surface area contributed by atoms with Gasteiger partial charge >= 0.3 is 6.03 Å². The topological polar surface area (TPSA) is 91.9 Å². The van der Waals surface area contributed by atoms with E-state index in [2.05, 4.69) is 16.1 Å². The molecule has 1 aliphatic heterocycles. The molecule has 1 aromatic rings.